The van der Waals surface area contributed by atoms with Gasteiger partial charge in [0.15, 0.2) is 0 Å². The fourth-order valence-electron chi connectivity index (χ4n) is 2.61. The predicted octanol–water partition coefficient (Wildman–Crippen LogP) is 3.96. The van der Waals surface area contributed by atoms with Crippen molar-refractivity contribution in [3.05, 3.63) is 0 Å². The number of esters is 1. The number of carbonyl (C=O) groups excluding carboxylic acids is 2. The van der Waals surface area contributed by atoms with Gasteiger partial charge in [-0.1, -0.05) is 34.6 Å². The molecule has 0 aliphatic rings. The maximum atomic E-state index is 11.9. The minimum atomic E-state index is -0.897. The highest BCUT2D eigenvalue weighted by atomic mass is 16.7. The van der Waals surface area contributed by atoms with Gasteiger partial charge in [-0.25, -0.2) is 4.79 Å². The lowest BCUT2D eigenvalue weighted by molar-refractivity contribution is -0.174. The van der Waals surface area contributed by atoms with Crippen molar-refractivity contribution in [2.75, 3.05) is 6.54 Å². The van der Waals surface area contributed by atoms with Crippen LogP contribution in [0.3, 0.4) is 0 Å². The van der Waals surface area contributed by atoms with Crippen molar-refractivity contribution in [2.24, 2.45) is 17.8 Å². The number of carboxylic acids is 1. The zero-order valence-corrected chi connectivity index (χ0v) is 16.7. The number of hydrogen-bond acceptors (Lipinski definition) is 5. The summed E-state index contributed by atoms with van der Waals surface area (Å²) in [6.45, 7) is 9.96. The van der Waals surface area contributed by atoms with Crippen molar-refractivity contribution >= 4 is 18.0 Å². The third-order valence-electron chi connectivity index (χ3n) is 3.93. The van der Waals surface area contributed by atoms with Crippen LogP contribution in [0.25, 0.3) is 0 Å². The van der Waals surface area contributed by atoms with Crippen LogP contribution < -0.4 is 5.32 Å². The molecule has 0 aromatic heterocycles. The zero-order valence-electron chi connectivity index (χ0n) is 16.7. The molecule has 2 atom stereocenters. The van der Waals surface area contributed by atoms with Crippen molar-refractivity contribution in [2.45, 2.75) is 79.4 Å². The normalized spacial score (nSPS) is 13.3. The quantitative estimate of drug-likeness (QED) is 0.288. The average molecular weight is 373 g/mol. The van der Waals surface area contributed by atoms with Gasteiger partial charge in [0, 0.05) is 25.3 Å². The molecule has 7 nitrogen and oxygen atoms in total. The van der Waals surface area contributed by atoms with Crippen molar-refractivity contribution in [1.29, 1.82) is 0 Å². The number of ether oxygens (including phenoxy) is 2. The molecular weight excluding hydrogens is 338 g/mol. The predicted molar refractivity (Wildman–Crippen MR) is 98.5 cm³/mol. The summed E-state index contributed by atoms with van der Waals surface area (Å²) in [4.78, 5) is 34.0. The smallest absolute Gasteiger partial charge is 0.410 e. The second-order valence-electron chi connectivity index (χ2n) is 7.36. The summed E-state index contributed by atoms with van der Waals surface area (Å²) < 4.78 is 10.3. The monoisotopic (exact) mass is 373 g/mol. The number of carbonyl (C=O) groups is 3. The number of hydrogen-bond donors (Lipinski definition) is 2. The Labute approximate surface area is 156 Å². The lowest BCUT2D eigenvalue weighted by Gasteiger charge is -2.21. The topological polar surface area (TPSA) is 102 Å². The van der Waals surface area contributed by atoms with E-state index in [0.717, 1.165) is 19.3 Å². The Bertz CT molecular complexity index is 436. The molecule has 7 heteroatoms. The minimum absolute atomic E-state index is 0.136. The fourth-order valence-corrected chi connectivity index (χ4v) is 2.61. The fraction of sp³-hybridized carbons (Fsp3) is 0.842. The van der Waals surface area contributed by atoms with Crippen molar-refractivity contribution in [1.82, 2.24) is 5.32 Å². The molecule has 152 valence electrons. The summed E-state index contributed by atoms with van der Waals surface area (Å²) in [5, 5.41) is 11.5. The van der Waals surface area contributed by atoms with Crippen molar-refractivity contribution in [3.63, 3.8) is 0 Å². The van der Waals surface area contributed by atoms with Gasteiger partial charge < -0.3 is 19.9 Å². The van der Waals surface area contributed by atoms with Gasteiger partial charge in [-0.05, 0) is 37.5 Å². The molecule has 0 aliphatic carbocycles. The average Bonchev–Trinajstić information content (AvgIpc) is 2.54. The van der Waals surface area contributed by atoms with E-state index in [1.54, 1.807) is 20.8 Å². The van der Waals surface area contributed by atoms with Crippen LogP contribution in [0.15, 0.2) is 0 Å². The number of amides is 1. The summed E-state index contributed by atoms with van der Waals surface area (Å²) in [7, 11) is 0. The van der Waals surface area contributed by atoms with Gasteiger partial charge in [0.25, 0.3) is 6.29 Å². The molecule has 2 N–H and O–H groups in total. The Morgan fingerprint density at radius 1 is 1.04 bits per heavy atom. The first-order valence-corrected chi connectivity index (χ1v) is 9.51. The second kappa shape index (κ2) is 13.4. The van der Waals surface area contributed by atoms with Crippen molar-refractivity contribution in [3.8, 4) is 0 Å². The van der Waals surface area contributed by atoms with Crippen LogP contribution in [-0.4, -0.2) is 36.0 Å². The van der Waals surface area contributed by atoms with Gasteiger partial charge in [0.1, 0.15) is 0 Å². The SMILES string of the molecule is CCC(=O)O[C@@H](OC(=O)NCCC[C@H](CCC(=O)O)CC(C)C)C(C)C. The molecule has 0 bridgehead atoms. The third kappa shape index (κ3) is 12.6. The molecule has 0 heterocycles. The molecule has 0 saturated carbocycles. The number of aliphatic carboxylic acids is 1. The number of nitrogens with one attached hydrogen (secondary N) is 1. The summed E-state index contributed by atoms with van der Waals surface area (Å²) in [5.41, 5.74) is 0. The van der Waals surface area contributed by atoms with E-state index in [2.05, 4.69) is 19.2 Å². The Morgan fingerprint density at radius 2 is 1.69 bits per heavy atom. The molecule has 0 aliphatic heterocycles. The van der Waals surface area contributed by atoms with E-state index in [4.69, 9.17) is 14.6 Å². The first-order chi connectivity index (χ1) is 12.1. The van der Waals surface area contributed by atoms with Gasteiger partial charge >= 0.3 is 18.0 Å². The molecule has 0 spiro atoms. The maximum absolute atomic E-state index is 11.9. The second-order valence-corrected chi connectivity index (χ2v) is 7.36. The summed E-state index contributed by atoms with van der Waals surface area (Å²) >= 11 is 0. The van der Waals surface area contributed by atoms with Gasteiger partial charge in [0.05, 0.1) is 0 Å². The zero-order chi connectivity index (χ0) is 20.1. The molecule has 0 aromatic carbocycles. The third-order valence-corrected chi connectivity index (χ3v) is 3.93. The number of rotatable bonds is 13. The molecule has 26 heavy (non-hydrogen) atoms. The Morgan fingerprint density at radius 3 is 2.19 bits per heavy atom. The molecule has 0 fully saturated rings. The Hall–Kier alpha value is -1.79. The lowest BCUT2D eigenvalue weighted by Crippen LogP contribution is -2.35. The Balaban J connectivity index is 4.22. The van der Waals surface area contributed by atoms with Crippen molar-refractivity contribution < 1.29 is 29.0 Å². The van der Waals surface area contributed by atoms with Crippen LogP contribution in [0.2, 0.25) is 0 Å². The van der Waals surface area contributed by atoms with Crippen LogP contribution in [0.4, 0.5) is 4.79 Å². The van der Waals surface area contributed by atoms with Crippen LogP contribution in [0, 0.1) is 17.8 Å². The minimum Gasteiger partial charge on any atom is -0.481 e. The summed E-state index contributed by atoms with van der Waals surface area (Å²) in [5.74, 6) is -0.486. The molecular formula is C19H35NO6. The molecule has 0 rings (SSSR count). The first kappa shape index (κ1) is 24.2. The highest BCUT2D eigenvalue weighted by Gasteiger charge is 2.22. The number of carboxylic acid groups (broad SMARTS) is 1. The van der Waals surface area contributed by atoms with Crippen LogP contribution in [-0.2, 0) is 19.1 Å². The van der Waals surface area contributed by atoms with E-state index >= 15 is 0 Å². The molecule has 1 amide bonds. The van der Waals surface area contributed by atoms with Crippen LogP contribution in [0.5, 0.6) is 0 Å². The lowest BCUT2D eigenvalue weighted by atomic mass is 9.89. The van der Waals surface area contributed by atoms with Gasteiger partial charge in [0.2, 0.25) is 0 Å². The summed E-state index contributed by atoms with van der Waals surface area (Å²) in [6.07, 6.45) is 2.11. The van der Waals surface area contributed by atoms with E-state index < -0.39 is 24.3 Å². The largest absolute Gasteiger partial charge is 0.481 e. The van der Waals surface area contributed by atoms with E-state index in [0.29, 0.717) is 24.8 Å². The van der Waals surface area contributed by atoms with Gasteiger partial charge in [-0.2, -0.15) is 0 Å². The molecule has 0 saturated heterocycles. The standard InChI is InChI=1S/C19H35NO6/c1-6-17(23)25-18(14(4)5)26-19(24)20-11-7-8-15(12-13(2)3)9-10-16(21)22/h13-15,18H,6-12H2,1-5H3,(H,20,24)(H,21,22)/t15-,18+/m1/s1. The highest BCUT2D eigenvalue weighted by molar-refractivity contribution is 5.70. The van der Waals surface area contributed by atoms with Crippen LogP contribution in [0.1, 0.15) is 73.1 Å². The van der Waals surface area contributed by atoms with Crippen LogP contribution >= 0.6 is 0 Å². The van der Waals surface area contributed by atoms with E-state index in [-0.39, 0.29) is 18.8 Å². The summed E-state index contributed by atoms with van der Waals surface area (Å²) in [6, 6.07) is 0. The molecule has 0 aromatic rings. The van der Waals surface area contributed by atoms with E-state index in [1.165, 1.54) is 0 Å². The maximum Gasteiger partial charge on any atom is 0.410 e. The highest BCUT2D eigenvalue weighted by Crippen LogP contribution is 2.22. The van der Waals surface area contributed by atoms with E-state index in [9.17, 15) is 14.4 Å². The molecule has 0 unspecified atom stereocenters. The Kier molecular flexibility index (Phi) is 12.5. The van der Waals surface area contributed by atoms with Gasteiger partial charge in [-0.15, -0.1) is 0 Å². The molecule has 0 radical (unpaired) electrons. The van der Waals surface area contributed by atoms with E-state index in [1.807, 2.05) is 0 Å². The number of alkyl carbamates (subject to hydrolysis) is 1. The first-order valence-electron chi connectivity index (χ1n) is 9.51. The van der Waals surface area contributed by atoms with Gasteiger partial charge in [-0.3, -0.25) is 9.59 Å².